The summed E-state index contributed by atoms with van der Waals surface area (Å²) in [6.07, 6.45) is 1.72. The third-order valence-electron chi connectivity index (χ3n) is 3.66. The number of rotatable bonds is 4. The molecule has 5 nitrogen and oxygen atoms in total. The van der Waals surface area contributed by atoms with E-state index in [0.29, 0.717) is 23.2 Å². The van der Waals surface area contributed by atoms with Crippen LogP contribution in [-0.2, 0) is 4.79 Å². The van der Waals surface area contributed by atoms with Crippen molar-refractivity contribution < 1.29 is 14.3 Å². The normalized spacial score (nSPS) is 21.1. The van der Waals surface area contributed by atoms with Crippen LogP contribution in [0.4, 0.5) is 5.69 Å². The highest BCUT2D eigenvalue weighted by Crippen LogP contribution is 2.30. The molecule has 1 aromatic carbocycles. The minimum Gasteiger partial charge on any atom is -0.497 e. The zero-order valence-electron chi connectivity index (χ0n) is 12.6. The highest BCUT2D eigenvalue weighted by atomic mass is 35.5. The predicted molar refractivity (Wildman–Crippen MR) is 85.6 cm³/mol. The summed E-state index contributed by atoms with van der Waals surface area (Å²) in [5.74, 6) is 1.42. The molecule has 2 atom stereocenters. The maximum absolute atomic E-state index is 12.3. The molecule has 0 unspecified atom stereocenters. The van der Waals surface area contributed by atoms with Crippen LogP contribution < -0.4 is 20.1 Å². The summed E-state index contributed by atoms with van der Waals surface area (Å²) in [7, 11) is 3.19. The van der Waals surface area contributed by atoms with Crippen LogP contribution in [0.2, 0.25) is 0 Å². The Kier molecular flexibility index (Phi) is 6.78. The molecule has 0 aliphatic carbocycles. The number of methoxy groups -OCH3 is 2. The van der Waals surface area contributed by atoms with E-state index in [-0.39, 0.29) is 24.2 Å². The van der Waals surface area contributed by atoms with E-state index in [9.17, 15) is 4.79 Å². The number of halogens is 1. The number of ether oxygens (including phenoxy) is 2. The van der Waals surface area contributed by atoms with Gasteiger partial charge in [0.1, 0.15) is 11.5 Å². The molecule has 0 saturated carbocycles. The Morgan fingerprint density at radius 3 is 2.71 bits per heavy atom. The lowest BCUT2D eigenvalue weighted by Crippen LogP contribution is -2.40. The standard InChI is InChI=1S/C15H22N2O3.ClH/c1-10-8-11(6-7-16-10)15(18)17-13-9-12(19-2)4-5-14(13)20-3;/h4-5,9-11,16H,6-8H2,1-3H3,(H,17,18);1H/t10-,11-;/m0./s1. The molecule has 0 bridgehead atoms. The van der Waals surface area contributed by atoms with Gasteiger partial charge in [0, 0.05) is 18.0 Å². The van der Waals surface area contributed by atoms with Crippen molar-refractivity contribution in [2.45, 2.75) is 25.8 Å². The van der Waals surface area contributed by atoms with Crippen molar-refractivity contribution in [3.8, 4) is 11.5 Å². The molecule has 0 aromatic heterocycles. The summed E-state index contributed by atoms with van der Waals surface area (Å²) in [5.41, 5.74) is 0.656. The highest BCUT2D eigenvalue weighted by Gasteiger charge is 2.25. The largest absolute Gasteiger partial charge is 0.497 e. The van der Waals surface area contributed by atoms with Crippen molar-refractivity contribution in [2.75, 3.05) is 26.1 Å². The SMILES string of the molecule is COc1ccc(OC)c(NC(=O)[C@H]2CCN[C@@H](C)C2)c1.Cl. The van der Waals surface area contributed by atoms with Gasteiger partial charge in [-0.2, -0.15) is 0 Å². The van der Waals surface area contributed by atoms with Gasteiger partial charge in [0.15, 0.2) is 0 Å². The van der Waals surface area contributed by atoms with E-state index in [2.05, 4.69) is 17.6 Å². The number of anilines is 1. The lowest BCUT2D eigenvalue weighted by Gasteiger charge is -2.27. The molecule has 1 aliphatic heterocycles. The van der Waals surface area contributed by atoms with Crippen LogP contribution in [0.1, 0.15) is 19.8 Å². The molecule has 2 N–H and O–H groups in total. The summed E-state index contributed by atoms with van der Waals surface area (Å²) in [6, 6.07) is 5.76. The number of hydrogen-bond donors (Lipinski definition) is 2. The van der Waals surface area contributed by atoms with Gasteiger partial charge in [-0.05, 0) is 38.4 Å². The Morgan fingerprint density at radius 2 is 2.10 bits per heavy atom. The second-order valence-corrected chi connectivity index (χ2v) is 5.13. The molecule has 1 saturated heterocycles. The maximum atomic E-state index is 12.3. The third-order valence-corrected chi connectivity index (χ3v) is 3.66. The molecular formula is C15H23ClN2O3. The van der Waals surface area contributed by atoms with Gasteiger partial charge in [0.2, 0.25) is 5.91 Å². The van der Waals surface area contributed by atoms with Gasteiger partial charge < -0.3 is 20.1 Å². The molecule has 0 spiro atoms. The smallest absolute Gasteiger partial charge is 0.227 e. The van der Waals surface area contributed by atoms with Crippen LogP contribution in [0.25, 0.3) is 0 Å². The van der Waals surface area contributed by atoms with Crippen molar-refractivity contribution in [1.29, 1.82) is 0 Å². The van der Waals surface area contributed by atoms with Crippen molar-refractivity contribution in [3.05, 3.63) is 18.2 Å². The molecular weight excluding hydrogens is 292 g/mol. The van der Waals surface area contributed by atoms with Crippen LogP contribution in [0.3, 0.4) is 0 Å². The number of benzene rings is 1. The summed E-state index contributed by atoms with van der Waals surface area (Å²) in [6.45, 7) is 2.99. The van der Waals surface area contributed by atoms with E-state index in [1.165, 1.54) is 0 Å². The summed E-state index contributed by atoms with van der Waals surface area (Å²) < 4.78 is 10.5. The predicted octanol–water partition coefficient (Wildman–Crippen LogP) is 2.45. The van der Waals surface area contributed by atoms with E-state index in [4.69, 9.17) is 9.47 Å². The van der Waals surface area contributed by atoms with E-state index in [1.54, 1.807) is 32.4 Å². The number of carbonyl (C=O) groups excluding carboxylic acids is 1. The van der Waals surface area contributed by atoms with E-state index < -0.39 is 0 Å². The average molecular weight is 315 g/mol. The summed E-state index contributed by atoms with van der Waals surface area (Å²) in [4.78, 5) is 12.3. The molecule has 1 aliphatic rings. The molecule has 1 heterocycles. The first-order valence-corrected chi connectivity index (χ1v) is 6.90. The molecule has 6 heteroatoms. The Balaban J connectivity index is 0.00000220. The first kappa shape index (κ1) is 17.6. The Hall–Kier alpha value is -1.46. The van der Waals surface area contributed by atoms with Crippen LogP contribution in [-0.4, -0.2) is 32.7 Å². The zero-order valence-corrected chi connectivity index (χ0v) is 13.5. The molecule has 1 amide bonds. The minimum absolute atomic E-state index is 0. The molecule has 1 aromatic rings. The van der Waals surface area contributed by atoms with E-state index in [1.807, 2.05) is 0 Å². The number of carbonyl (C=O) groups is 1. The van der Waals surface area contributed by atoms with Gasteiger partial charge >= 0.3 is 0 Å². The zero-order chi connectivity index (χ0) is 14.5. The van der Waals surface area contributed by atoms with Crippen molar-refractivity contribution in [1.82, 2.24) is 5.32 Å². The third kappa shape index (κ3) is 4.51. The lowest BCUT2D eigenvalue weighted by molar-refractivity contribution is -0.120. The first-order chi connectivity index (χ1) is 9.63. The van der Waals surface area contributed by atoms with Crippen LogP contribution in [0, 0.1) is 5.92 Å². The molecule has 0 radical (unpaired) electrons. The van der Waals surface area contributed by atoms with E-state index >= 15 is 0 Å². The second kappa shape index (κ2) is 8.10. The number of piperidine rings is 1. The molecule has 21 heavy (non-hydrogen) atoms. The quantitative estimate of drug-likeness (QED) is 0.896. The van der Waals surface area contributed by atoms with Gasteiger partial charge in [-0.25, -0.2) is 0 Å². The first-order valence-electron chi connectivity index (χ1n) is 6.90. The number of hydrogen-bond acceptors (Lipinski definition) is 4. The fourth-order valence-electron chi connectivity index (χ4n) is 2.52. The Morgan fingerprint density at radius 1 is 1.33 bits per heavy atom. The fraction of sp³-hybridized carbons (Fsp3) is 0.533. The molecule has 2 rings (SSSR count). The lowest BCUT2D eigenvalue weighted by atomic mass is 9.92. The van der Waals surface area contributed by atoms with Crippen molar-refractivity contribution >= 4 is 24.0 Å². The van der Waals surface area contributed by atoms with Gasteiger partial charge in [0.25, 0.3) is 0 Å². The van der Waals surface area contributed by atoms with Crippen LogP contribution in [0.5, 0.6) is 11.5 Å². The van der Waals surface area contributed by atoms with Gasteiger partial charge in [-0.15, -0.1) is 12.4 Å². The monoisotopic (exact) mass is 314 g/mol. The Bertz CT molecular complexity index is 482. The van der Waals surface area contributed by atoms with Crippen LogP contribution in [0.15, 0.2) is 18.2 Å². The van der Waals surface area contributed by atoms with Gasteiger partial charge in [-0.3, -0.25) is 4.79 Å². The number of nitrogens with one attached hydrogen (secondary N) is 2. The average Bonchev–Trinajstić information content (AvgIpc) is 2.47. The maximum Gasteiger partial charge on any atom is 0.227 e. The molecule has 118 valence electrons. The summed E-state index contributed by atoms with van der Waals surface area (Å²) in [5, 5.41) is 6.30. The van der Waals surface area contributed by atoms with Gasteiger partial charge in [0.05, 0.1) is 19.9 Å². The topological polar surface area (TPSA) is 59.6 Å². The molecule has 1 fully saturated rings. The van der Waals surface area contributed by atoms with Crippen molar-refractivity contribution in [2.24, 2.45) is 5.92 Å². The fourth-order valence-corrected chi connectivity index (χ4v) is 2.52. The number of amides is 1. The van der Waals surface area contributed by atoms with Gasteiger partial charge in [-0.1, -0.05) is 0 Å². The van der Waals surface area contributed by atoms with Crippen LogP contribution >= 0.6 is 12.4 Å². The Labute approximate surface area is 131 Å². The van der Waals surface area contributed by atoms with E-state index in [0.717, 1.165) is 19.4 Å². The highest BCUT2D eigenvalue weighted by molar-refractivity contribution is 5.94. The van der Waals surface area contributed by atoms with Crippen molar-refractivity contribution in [3.63, 3.8) is 0 Å². The summed E-state index contributed by atoms with van der Waals surface area (Å²) >= 11 is 0. The second-order valence-electron chi connectivity index (χ2n) is 5.13. The minimum atomic E-state index is 0.